The van der Waals surface area contributed by atoms with Crippen LogP contribution in [0.5, 0.6) is 5.75 Å². The summed E-state index contributed by atoms with van der Waals surface area (Å²) in [5, 5.41) is 9.72. The predicted molar refractivity (Wildman–Crippen MR) is 160 cm³/mol. The number of nitrogens with zero attached hydrogens (tertiary/aromatic N) is 2. The van der Waals surface area contributed by atoms with Crippen LogP contribution in [0.2, 0.25) is 18.6 Å². The topological polar surface area (TPSA) is 79.3 Å². The Hall–Kier alpha value is -3.01. The number of anilines is 1. The summed E-state index contributed by atoms with van der Waals surface area (Å²) in [7, 11) is -1.86. The molecular weight excluding hydrogens is 539 g/mol. The molecule has 220 valence electrons. The minimum atomic E-state index is -3.45. The molecule has 3 aliphatic rings. The minimum Gasteiger partial charge on any atom is -0.497 e. The average Bonchev–Trinajstić information content (AvgIpc) is 3.34. The van der Waals surface area contributed by atoms with Gasteiger partial charge in [-0.15, -0.1) is 0 Å². The van der Waals surface area contributed by atoms with Crippen molar-refractivity contribution in [2.45, 2.75) is 76.5 Å². The summed E-state index contributed by atoms with van der Waals surface area (Å²) in [6.45, 7) is 11.4. The standard InChI is InChI=1S/C32H41FN2O5Si/c1-20-18-31(3,4)35-28-24(20)15-23(39-5)16-25(28)32(30(35)38)21(2)29(41(6,7)33)26(40-32)17-27(37)34(13-14-36)19-22-11-9-8-10-12-22/h8-12,15-16,18,21,26,29,36H,13-14,17,19H2,1-7H3/t21-,26+,29-,32+/m1/s1. The van der Waals surface area contributed by atoms with Gasteiger partial charge >= 0.3 is 0 Å². The van der Waals surface area contributed by atoms with E-state index < -0.39 is 37.1 Å². The van der Waals surface area contributed by atoms with Crippen LogP contribution in [0.1, 0.15) is 50.8 Å². The Bertz CT molecular complexity index is 1390. The van der Waals surface area contributed by atoms with Crippen LogP contribution in [0.25, 0.3) is 5.57 Å². The van der Waals surface area contributed by atoms with Crippen LogP contribution in [0.3, 0.4) is 0 Å². The second-order valence-corrected chi connectivity index (χ2v) is 16.5. The summed E-state index contributed by atoms with van der Waals surface area (Å²) in [4.78, 5) is 31.7. The van der Waals surface area contributed by atoms with Crippen LogP contribution in [-0.2, 0) is 26.5 Å². The number of benzene rings is 2. The Kier molecular flexibility index (Phi) is 7.45. The Balaban J connectivity index is 1.58. The van der Waals surface area contributed by atoms with Crippen LogP contribution in [0.15, 0.2) is 48.5 Å². The quantitative estimate of drug-likeness (QED) is 0.333. The summed E-state index contributed by atoms with van der Waals surface area (Å²) in [5.74, 6) is -0.381. The highest BCUT2D eigenvalue weighted by atomic mass is 28.4. The fourth-order valence-electron chi connectivity index (χ4n) is 7.43. The fourth-order valence-corrected chi connectivity index (χ4v) is 9.92. The third-order valence-electron chi connectivity index (χ3n) is 9.06. The van der Waals surface area contributed by atoms with Crippen LogP contribution in [-0.4, -0.2) is 62.1 Å². The van der Waals surface area contributed by atoms with Crippen molar-refractivity contribution in [3.05, 3.63) is 65.2 Å². The molecule has 41 heavy (non-hydrogen) atoms. The highest BCUT2D eigenvalue weighted by Gasteiger charge is 2.69. The van der Waals surface area contributed by atoms with Gasteiger partial charge in [0, 0.05) is 35.7 Å². The summed E-state index contributed by atoms with van der Waals surface area (Å²) in [6.07, 6.45) is 1.19. The zero-order valence-electron chi connectivity index (χ0n) is 25.0. The van der Waals surface area contributed by atoms with Crippen molar-refractivity contribution in [2.24, 2.45) is 5.92 Å². The van der Waals surface area contributed by atoms with Gasteiger partial charge in [-0.25, -0.2) is 0 Å². The number of hydrogen-bond donors (Lipinski definition) is 1. The van der Waals surface area contributed by atoms with Crippen molar-refractivity contribution < 1.29 is 28.3 Å². The van der Waals surface area contributed by atoms with Crippen LogP contribution < -0.4 is 9.64 Å². The Morgan fingerprint density at radius 1 is 1.22 bits per heavy atom. The summed E-state index contributed by atoms with van der Waals surface area (Å²) >= 11 is 0. The van der Waals surface area contributed by atoms with Gasteiger partial charge in [0.15, 0.2) is 5.60 Å². The molecule has 2 amide bonds. The molecule has 0 radical (unpaired) electrons. The van der Waals surface area contributed by atoms with Crippen molar-refractivity contribution in [3.63, 3.8) is 0 Å². The molecule has 7 nitrogen and oxygen atoms in total. The lowest BCUT2D eigenvalue weighted by atomic mass is 9.81. The maximum absolute atomic E-state index is 16.2. The molecule has 1 saturated heterocycles. The largest absolute Gasteiger partial charge is 0.497 e. The molecule has 0 bridgehead atoms. The number of methoxy groups -OCH3 is 1. The number of hydrogen-bond acceptors (Lipinski definition) is 5. The number of aliphatic hydroxyl groups excluding tert-OH is 1. The Morgan fingerprint density at radius 3 is 2.51 bits per heavy atom. The number of allylic oxidation sites excluding steroid dienone is 1. The zero-order valence-corrected chi connectivity index (χ0v) is 26.0. The molecule has 0 saturated carbocycles. The fraction of sp³-hybridized carbons (Fsp3) is 0.500. The predicted octanol–water partition coefficient (Wildman–Crippen LogP) is 5.42. The van der Waals surface area contributed by atoms with Gasteiger partial charge in [0.25, 0.3) is 5.91 Å². The molecule has 3 heterocycles. The lowest BCUT2D eigenvalue weighted by Gasteiger charge is -2.39. The maximum Gasteiger partial charge on any atom is 0.265 e. The molecule has 1 fully saturated rings. The number of amides is 2. The molecule has 1 N–H and O–H groups in total. The van der Waals surface area contributed by atoms with Crippen molar-refractivity contribution in [3.8, 4) is 5.75 Å². The lowest BCUT2D eigenvalue weighted by Crippen LogP contribution is -2.52. The van der Waals surface area contributed by atoms with Crippen LogP contribution in [0, 0.1) is 5.92 Å². The van der Waals surface area contributed by atoms with Crippen LogP contribution >= 0.6 is 0 Å². The molecule has 3 aliphatic heterocycles. The highest BCUT2D eigenvalue weighted by Crippen LogP contribution is 2.63. The van der Waals surface area contributed by atoms with E-state index in [1.54, 1.807) is 30.0 Å². The summed E-state index contributed by atoms with van der Waals surface area (Å²) < 4.78 is 28.7. The molecule has 2 aromatic rings. The SMILES string of the molecule is COc1cc2c3c(c1)[C@]1(O[C@@H](CC(=O)N(CCO)Cc4ccccc4)[C@H]([Si](C)(C)F)[C@H]1C)C(=O)N3C(C)(C)C=C2C. The van der Waals surface area contributed by atoms with E-state index >= 15 is 4.11 Å². The molecule has 0 unspecified atom stereocenters. The number of aliphatic hydroxyl groups is 1. The van der Waals surface area contributed by atoms with E-state index in [1.165, 1.54) is 0 Å². The van der Waals surface area contributed by atoms with Crippen molar-refractivity contribution in [1.29, 1.82) is 0 Å². The van der Waals surface area contributed by atoms with Crippen molar-refractivity contribution >= 4 is 31.5 Å². The normalized spacial score (nSPS) is 26.3. The van der Waals surface area contributed by atoms with Gasteiger partial charge in [0.1, 0.15) is 5.75 Å². The van der Waals surface area contributed by atoms with E-state index in [0.717, 1.165) is 22.4 Å². The number of carbonyl (C=O) groups is 2. The van der Waals surface area contributed by atoms with Gasteiger partial charge in [-0.3, -0.25) is 14.5 Å². The third-order valence-corrected chi connectivity index (χ3v) is 11.5. The highest BCUT2D eigenvalue weighted by molar-refractivity contribution is 6.72. The molecule has 0 aromatic heterocycles. The number of fused-ring (bicyclic) bond motifs is 1. The second kappa shape index (κ2) is 10.4. The first-order valence-electron chi connectivity index (χ1n) is 14.3. The monoisotopic (exact) mass is 580 g/mol. The van der Waals surface area contributed by atoms with Crippen molar-refractivity contribution in [2.75, 3.05) is 25.2 Å². The second-order valence-electron chi connectivity index (χ2n) is 12.7. The first-order valence-corrected chi connectivity index (χ1v) is 17.3. The Labute approximate surface area is 243 Å². The van der Waals surface area contributed by atoms with Gasteiger partial charge in [-0.2, -0.15) is 0 Å². The smallest absolute Gasteiger partial charge is 0.265 e. The molecule has 9 heteroatoms. The molecule has 4 atom stereocenters. The van der Waals surface area contributed by atoms with Gasteiger partial charge in [-0.05, 0) is 57.1 Å². The summed E-state index contributed by atoms with van der Waals surface area (Å²) in [6, 6.07) is 13.3. The van der Waals surface area contributed by atoms with Gasteiger partial charge in [0.05, 0.1) is 37.5 Å². The van der Waals surface area contributed by atoms with E-state index in [9.17, 15) is 14.7 Å². The zero-order chi connectivity index (χ0) is 29.9. The minimum absolute atomic E-state index is 0.0793. The first-order chi connectivity index (χ1) is 19.3. The molecular formula is C32H41FN2O5Si. The number of ether oxygens (including phenoxy) is 2. The molecule has 0 aliphatic carbocycles. The Morgan fingerprint density at radius 2 is 1.90 bits per heavy atom. The first kappa shape index (κ1) is 29.5. The van der Waals surface area contributed by atoms with Gasteiger partial charge in [-0.1, -0.05) is 43.3 Å². The van der Waals surface area contributed by atoms with E-state index in [4.69, 9.17) is 9.47 Å². The average molecular weight is 581 g/mol. The van der Waals surface area contributed by atoms with Gasteiger partial charge < -0.3 is 23.6 Å². The van der Waals surface area contributed by atoms with Crippen LogP contribution in [0.4, 0.5) is 9.80 Å². The van der Waals surface area contributed by atoms with Gasteiger partial charge in [0.2, 0.25) is 14.3 Å². The third kappa shape index (κ3) is 4.72. The van der Waals surface area contributed by atoms with E-state index in [-0.39, 0.29) is 31.4 Å². The van der Waals surface area contributed by atoms with E-state index in [2.05, 4.69) is 6.08 Å². The number of rotatable bonds is 8. The lowest BCUT2D eigenvalue weighted by molar-refractivity contribution is -0.150. The van der Waals surface area contributed by atoms with E-state index in [0.29, 0.717) is 17.9 Å². The number of carbonyl (C=O) groups excluding carboxylic acids is 2. The molecule has 5 rings (SSSR count). The van der Waals surface area contributed by atoms with Crippen molar-refractivity contribution in [1.82, 2.24) is 4.90 Å². The maximum atomic E-state index is 16.2. The summed E-state index contributed by atoms with van der Waals surface area (Å²) in [5.41, 5.74) is 1.64. The van der Waals surface area contributed by atoms with E-state index in [1.807, 2.05) is 70.2 Å². The molecule has 2 aromatic carbocycles. The number of halogens is 1. The molecule has 1 spiro atoms.